The second kappa shape index (κ2) is 5.41. The molecule has 2 N–H and O–H groups in total. The molecule has 18 heavy (non-hydrogen) atoms. The maximum atomic E-state index is 12.3. The molecule has 0 spiro atoms. The number of carbonyl (C=O) groups excluding carboxylic acids is 1. The van der Waals surface area contributed by atoms with Crippen LogP contribution < -0.4 is 10.6 Å². The Labute approximate surface area is 116 Å². The first-order valence-electron chi connectivity index (χ1n) is 6.29. The van der Waals surface area contributed by atoms with Crippen LogP contribution in [0.5, 0.6) is 0 Å². The van der Waals surface area contributed by atoms with Crippen molar-refractivity contribution in [3.8, 4) is 0 Å². The molecule has 1 aromatic carbocycles. The fourth-order valence-electron chi connectivity index (χ4n) is 2.29. The van der Waals surface area contributed by atoms with E-state index >= 15 is 0 Å². The van der Waals surface area contributed by atoms with Gasteiger partial charge in [0.05, 0.1) is 11.5 Å². The minimum atomic E-state index is -0.268. The molecule has 1 unspecified atom stereocenters. The van der Waals surface area contributed by atoms with Crippen LogP contribution in [0.25, 0.3) is 0 Å². The lowest BCUT2D eigenvalue weighted by atomic mass is 9.88. The van der Waals surface area contributed by atoms with Crippen LogP contribution in [-0.2, 0) is 4.79 Å². The van der Waals surface area contributed by atoms with Crippen LogP contribution in [0.3, 0.4) is 0 Å². The first-order valence-corrected chi connectivity index (χ1v) is 7.08. The molecule has 1 fully saturated rings. The summed E-state index contributed by atoms with van der Waals surface area (Å²) in [5.74, 6) is 0.135. The van der Waals surface area contributed by atoms with E-state index in [-0.39, 0.29) is 17.4 Å². The number of hydrogen-bond acceptors (Lipinski definition) is 2. The van der Waals surface area contributed by atoms with E-state index in [4.69, 9.17) is 0 Å². The number of nitrogens with one attached hydrogen (secondary N) is 2. The molecule has 2 rings (SSSR count). The van der Waals surface area contributed by atoms with Crippen molar-refractivity contribution in [2.45, 2.75) is 26.3 Å². The van der Waals surface area contributed by atoms with E-state index < -0.39 is 0 Å². The molecule has 1 aliphatic rings. The van der Waals surface area contributed by atoms with Crippen LogP contribution in [0.4, 0.5) is 0 Å². The normalized spacial score (nSPS) is 24.8. The number of hydrogen-bond donors (Lipinski definition) is 2. The third-order valence-electron chi connectivity index (χ3n) is 3.64. The monoisotopic (exact) mass is 310 g/mol. The highest BCUT2D eigenvalue weighted by Gasteiger charge is 2.36. The first-order chi connectivity index (χ1) is 8.53. The van der Waals surface area contributed by atoms with Crippen molar-refractivity contribution >= 4 is 21.8 Å². The molecule has 0 aromatic heterocycles. The van der Waals surface area contributed by atoms with Gasteiger partial charge in [0, 0.05) is 11.0 Å². The molecular formula is C14H19BrN2O. The van der Waals surface area contributed by atoms with Crippen LogP contribution >= 0.6 is 15.9 Å². The minimum absolute atomic E-state index is 0.0190. The van der Waals surface area contributed by atoms with Crippen molar-refractivity contribution < 1.29 is 4.79 Å². The van der Waals surface area contributed by atoms with Gasteiger partial charge < -0.3 is 10.6 Å². The number of amides is 1. The quantitative estimate of drug-likeness (QED) is 0.901. The van der Waals surface area contributed by atoms with Crippen molar-refractivity contribution in [3.05, 3.63) is 34.3 Å². The lowest BCUT2D eigenvalue weighted by molar-refractivity contribution is -0.129. The Bertz CT molecular complexity index is 441. The summed E-state index contributed by atoms with van der Waals surface area (Å²) in [6.07, 6.45) is 0.904. The first kappa shape index (κ1) is 13.6. The smallest absolute Gasteiger partial charge is 0.227 e. The molecule has 0 bridgehead atoms. The Morgan fingerprint density at radius 3 is 2.83 bits per heavy atom. The van der Waals surface area contributed by atoms with Gasteiger partial charge in [-0.3, -0.25) is 4.79 Å². The molecule has 98 valence electrons. The lowest BCUT2D eigenvalue weighted by Crippen LogP contribution is -2.41. The second-order valence-corrected chi connectivity index (χ2v) is 6.06. The highest BCUT2D eigenvalue weighted by Crippen LogP contribution is 2.27. The molecule has 2 atom stereocenters. The SMILES string of the molecule is C[C@H](NC(=O)C1(C)CCNC1)c1ccccc1Br. The average Bonchev–Trinajstić information content (AvgIpc) is 2.78. The maximum absolute atomic E-state index is 12.3. The molecule has 1 aliphatic heterocycles. The van der Waals surface area contributed by atoms with Gasteiger partial charge in [0.25, 0.3) is 0 Å². The number of benzene rings is 1. The summed E-state index contributed by atoms with van der Waals surface area (Å²) in [7, 11) is 0. The number of halogens is 1. The van der Waals surface area contributed by atoms with Gasteiger partial charge in [0.2, 0.25) is 5.91 Å². The highest BCUT2D eigenvalue weighted by molar-refractivity contribution is 9.10. The van der Waals surface area contributed by atoms with Gasteiger partial charge in [-0.25, -0.2) is 0 Å². The molecule has 0 radical (unpaired) electrons. The molecule has 1 amide bonds. The van der Waals surface area contributed by atoms with E-state index in [0.717, 1.165) is 29.5 Å². The van der Waals surface area contributed by atoms with Gasteiger partial charge in [0.15, 0.2) is 0 Å². The van der Waals surface area contributed by atoms with Crippen molar-refractivity contribution in [2.75, 3.05) is 13.1 Å². The van der Waals surface area contributed by atoms with Gasteiger partial charge >= 0.3 is 0 Å². The summed E-state index contributed by atoms with van der Waals surface area (Å²) >= 11 is 3.52. The summed E-state index contributed by atoms with van der Waals surface area (Å²) in [5.41, 5.74) is 0.843. The van der Waals surface area contributed by atoms with Crippen molar-refractivity contribution in [1.82, 2.24) is 10.6 Å². The summed E-state index contributed by atoms with van der Waals surface area (Å²) in [4.78, 5) is 12.3. The zero-order valence-electron chi connectivity index (χ0n) is 10.8. The zero-order chi connectivity index (χ0) is 13.2. The number of rotatable bonds is 3. The van der Waals surface area contributed by atoms with E-state index in [9.17, 15) is 4.79 Å². The second-order valence-electron chi connectivity index (χ2n) is 5.20. The van der Waals surface area contributed by atoms with Crippen LogP contribution in [0.2, 0.25) is 0 Å². The molecule has 1 saturated heterocycles. The Hall–Kier alpha value is -0.870. The largest absolute Gasteiger partial charge is 0.349 e. The van der Waals surface area contributed by atoms with E-state index in [0.29, 0.717) is 0 Å². The Balaban J connectivity index is 2.06. The Kier molecular flexibility index (Phi) is 4.07. The minimum Gasteiger partial charge on any atom is -0.349 e. The Morgan fingerprint density at radius 1 is 1.50 bits per heavy atom. The molecule has 0 aliphatic carbocycles. The molecule has 1 aromatic rings. The molecule has 4 heteroatoms. The fraction of sp³-hybridized carbons (Fsp3) is 0.500. The lowest BCUT2D eigenvalue weighted by Gasteiger charge is -2.25. The van der Waals surface area contributed by atoms with Gasteiger partial charge in [-0.1, -0.05) is 34.1 Å². The van der Waals surface area contributed by atoms with Crippen molar-refractivity contribution in [1.29, 1.82) is 0 Å². The summed E-state index contributed by atoms with van der Waals surface area (Å²) in [6.45, 7) is 5.73. The van der Waals surface area contributed by atoms with Crippen LogP contribution in [0.1, 0.15) is 31.9 Å². The van der Waals surface area contributed by atoms with Crippen molar-refractivity contribution in [3.63, 3.8) is 0 Å². The Morgan fingerprint density at radius 2 is 2.22 bits per heavy atom. The third-order valence-corrected chi connectivity index (χ3v) is 4.36. The summed E-state index contributed by atoms with van der Waals surface area (Å²) in [5, 5.41) is 6.36. The predicted octanol–water partition coefficient (Wildman–Crippen LogP) is 2.63. The van der Waals surface area contributed by atoms with Gasteiger partial charge in [-0.2, -0.15) is 0 Å². The van der Waals surface area contributed by atoms with Gasteiger partial charge in [0.1, 0.15) is 0 Å². The number of carbonyl (C=O) groups is 1. The van der Waals surface area contributed by atoms with Crippen LogP contribution in [0.15, 0.2) is 28.7 Å². The van der Waals surface area contributed by atoms with Crippen LogP contribution in [-0.4, -0.2) is 19.0 Å². The molecule has 3 nitrogen and oxygen atoms in total. The maximum Gasteiger partial charge on any atom is 0.227 e. The topological polar surface area (TPSA) is 41.1 Å². The van der Waals surface area contributed by atoms with E-state index in [1.807, 2.05) is 38.1 Å². The highest BCUT2D eigenvalue weighted by atomic mass is 79.9. The fourth-order valence-corrected chi connectivity index (χ4v) is 2.91. The third kappa shape index (κ3) is 2.75. The van der Waals surface area contributed by atoms with Crippen molar-refractivity contribution in [2.24, 2.45) is 5.41 Å². The van der Waals surface area contributed by atoms with E-state index in [1.165, 1.54) is 0 Å². The molecule has 1 heterocycles. The van der Waals surface area contributed by atoms with E-state index in [2.05, 4.69) is 26.6 Å². The molecular weight excluding hydrogens is 292 g/mol. The summed E-state index contributed by atoms with van der Waals surface area (Å²) < 4.78 is 1.03. The van der Waals surface area contributed by atoms with Gasteiger partial charge in [-0.15, -0.1) is 0 Å². The predicted molar refractivity (Wildman–Crippen MR) is 76.3 cm³/mol. The zero-order valence-corrected chi connectivity index (χ0v) is 12.4. The van der Waals surface area contributed by atoms with Crippen LogP contribution in [0, 0.1) is 5.41 Å². The van der Waals surface area contributed by atoms with Gasteiger partial charge in [-0.05, 0) is 38.4 Å². The molecule has 0 saturated carbocycles. The standard InChI is InChI=1S/C14H19BrN2O/c1-10(11-5-3-4-6-12(11)15)17-13(18)14(2)7-8-16-9-14/h3-6,10,16H,7-9H2,1-2H3,(H,17,18)/t10-,14?/m0/s1. The summed E-state index contributed by atoms with van der Waals surface area (Å²) in [6, 6.07) is 8.01. The van der Waals surface area contributed by atoms with E-state index in [1.54, 1.807) is 0 Å². The average molecular weight is 311 g/mol.